The van der Waals surface area contributed by atoms with Crippen LogP contribution in [0.15, 0.2) is 36.9 Å². The molecule has 3 rings (SSSR count). The van der Waals surface area contributed by atoms with Gasteiger partial charge in [-0.3, -0.25) is 14.2 Å². The van der Waals surface area contributed by atoms with Crippen LogP contribution in [0.1, 0.15) is 24.3 Å². The predicted molar refractivity (Wildman–Crippen MR) is 78.9 cm³/mol. The molecule has 20 heavy (non-hydrogen) atoms. The lowest BCUT2D eigenvalue weighted by molar-refractivity contribution is 0.0938. The van der Waals surface area contributed by atoms with Gasteiger partial charge in [-0.15, -0.1) is 0 Å². The smallest absolute Gasteiger partial charge is 0.271 e. The number of rotatable bonds is 3. The van der Waals surface area contributed by atoms with E-state index in [9.17, 15) is 4.79 Å². The van der Waals surface area contributed by atoms with E-state index in [1.165, 1.54) is 11.3 Å². The molecule has 0 saturated heterocycles. The van der Waals surface area contributed by atoms with Gasteiger partial charge in [0.15, 0.2) is 4.96 Å². The molecule has 3 aromatic heterocycles. The highest BCUT2D eigenvalue weighted by Crippen LogP contribution is 2.27. The largest absolute Gasteiger partial charge is 0.348 e. The maximum absolute atomic E-state index is 11.9. The summed E-state index contributed by atoms with van der Waals surface area (Å²) in [6, 6.07) is 4.01. The standard InChI is InChI=1S/C14H14N4OS/c1-9(2)16-13(19)11-7-18-8-12(20-14(18)17-11)10-4-3-5-15-6-10/h3-9H,1-2H3,(H,16,19). The van der Waals surface area contributed by atoms with Gasteiger partial charge in [-0.2, -0.15) is 0 Å². The zero-order valence-corrected chi connectivity index (χ0v) is 12.0. The van der Waals surface area contributed by atoms with Crippen molar-refractivity contribution < 1.29 is 4.79 Å². The molecule has 5 nitrogen and oxygen atoms in total. The first kappa shape index (κ1) is 12.8. The Morgan fingerprint density at radius 2 is 2.25 bits per heavy atom. The molecule has 0 unspecified atom stereocenters. The third kappa shape index (κ3) is 2.42. The molecule has 3 heterocycles. The Labute approximate surface area is 120 Å². The lowest BCUT2D eigenvalue weighted by Gasteiger charge is -2.04. The van der Waals surface area contributed by atoms with Crippen molar-refractivity contribution in [2.75, 3.05) is 0 Å². The summed E-state index contributed by atoms with van der Waals surface area (Å²) in [7, 11) is 0. The fourth-order valence-corrected chi connectivity index (χ4v) is 2.84. The van der Waals surface area contributed by atoms with Crippen molar-refractivity contribution in [2.45, 2.75) is 19.9 Å². The van der Waals surface area contributed by atoms with E-state index in [1.807, 2.05) is 42.8 Å². The average molecular weight is 286 g/mol. The molecule has 0 atom stereocenters. The number of nitrogens with zero attached hydrogens (tertiary/aromatic N) is 3. The van der Waals surface area contributed by atoms with E-state index in [0.717, 1.165) is 15.4 Å². The third-order valence-corrected chi connectivity index (χ3v) is 3.80. The number of thiazole rings is 1. The number of amides is 1. The van der Waals surface area contributed by atoms with Gasteiger partial charge in [0.05, 0.1) is 4.88 Å². The van der Waals surface area contributed by atoms with E-state index >= 15 is 0 Å². The summed E-state index contributed by atoms with van der Waals surface area (Å²) in [5, 5.41) is 2.84. The minimum Gasteiger partial charge on any atom is -0.348 e. The second kappa shape index (κ2) is 5.05. The predicted octanol–water partition coefficient (Wildman–Crippen LogP) is 2.60. The normalized spacial score (nSPS) is 11.2. The van der Waals surface area contributed by atoms with Crippen molar-refractivity contribution in [3.05, 3.63) is 42.6 Å². The number of imidazole rings is 1. The average Bonchev–Trinajstić information content (AvgIpc) is 2.97. The fraction of sp³-hybridized carbons (Fsp3) is 0.214. The zero-order chi connectivity index (χ0) is 14.1. The molecule has 6 heteroatoms. The zero-order valence-electron chi connectivity index (χ0n) is 11.2. The molecule has 1 amide bonds. The molecule has 102 valence electrons. The summed E-state index contributed by atoms with van der Waals surface area (Å²) < 4.78 is 1.88. The van der Waals surface area contributed by atoms with Gasteiger partial charge in [0.1, 0.15) is 5.69 Å². The number of nitrogens with one attached hydrogen (secondary N) is 1. The van der Waals surface area contributed by atoms with Crippen LogP contribution in [0, 0.1) is 0 Å². The number of carbonyl (C=O) groups is 1. The molecule has 0 fully saturated rings. The Bertz CT molecular complexity index is 713. The van der Waals surface area contributed by atoms with Gasteiger partial charge < -0.3 is 5.32 Å². The van der Waals surface area contributed by atoms with E-state index in [4.69, 9.17) is 0 Å². The van der Waals surface area contributed by atoms with Gasteiger partial charge in [-0.25, -0.2) is 4.98 Å². The number of hydrogen-bond donors (Lipinski definition) is 1. The number of pyridine rings is 1. The van der Waals surface area contributed by atoms with E-state index < -0.39 is 0 Å². The van der Waals surface area contributed by atoms with Crippen molar-refractivity contribution in [1.29, 1.82) is 0 Å². The van der Waals surface area contributed by atoms with Gasteiger partial charge in [0, 0.05) is 36.4 Å². The van der Waals surface area contributed by atoms with E-state index in [-0.39, 0.29) is 11.9 Å². The number of aromatic nitrogens is 3. The first-order valence-corrected chi connectivity index (χ1v) is 7.15. The molecule has 0 spiro atoms. The van der Waals surface area contributed by atoms with Gasteiger partial charge in [-0.05, 0) is 19.9 Å². The highest BCUT2D eigenvalue weighted by molar-refractivity contribution is 7.20. The number of hydrogen-bond acceptors (Lipinski definition) is 4. The maximum atomic E-state index is 11.9. The Morgan fingerprint density at radius 3 is 2.90 bits per heavy atom. The second-order valence-electron chi connectivity index (χ2n) is 4.78. The molecular weight excluding hydrogens is 272 g/mol. The van der Waals surface area contributed by atoms with Gasteiger partial charge in [0.25, 0.3) is 5.91 Å². The molecule has 0 radical (unpaired) electrons. The molecule has 1 N–H and O–H groups in total. The van der Waals surface area contributed by atoms with Crippen molar-refractivity contribution in [2.24, 2.45) is 0 Å². The fourth-order valence-electron chi connectivity index (χ4n) is 1.88. The van der Waals surface area contributed by atoms with E-state index in [0.29, 0.717) is 5.69 Å². The number of carbonyl (C=O) groups excluding carboxylic acids is 1. The summed E-state index contributed by atoms with van der Waals surface area (Å²) in [6.45, 7) is 3.85. The summed E-state index contributed by atoms with van der Waals surface area (Å²) in [6.07, 6.45) is 7.29. The Balaban J connectivity index is 1.92. The molecule has 0 aliphatic heterocycles. The van der Waals surface area contributed by atoms with Crippen molar-refractivity contribution in [1.82, 2.24) is 19.7 Å². The molecule has 0 aliphatic carbocycles. The minimum absolute atomic E-state index is 0.105. The Kier molecular flexibility index (Phi) is 3.23. The molecule has 3 aromatic rings. The second-order valence-corrected chi connectivity index (χ2v) is 5.79. The van der Waals surface area contributed by atoms with Crippen LogP contribution in [0.2, 0.25) is 0 Å². The lowest BCUT2D eigenvalue weighted by atomic mass is 10.2. The van der Waals surface area contributed by atoms with Gasteiger partial charge in [-0.1, -0.05) is 17.4 Å². The molecule has 0 saturated carbocycles. The van der Waals surface area contributed by atoms with Crippen LogP contribution >= 0.6 is 11.3 Å². The van der Waals surface area contributed by atoms with Crippen LogP contribution in [0.4, 0.5) is 0 Å². The summed E-state index contributed by atoms with van der Waals surface area (Å²) in [5.41, 5.74) is 1.50. The minimum atomic E-state index is -0.140. The molecule has 0 bridgehead atoms. The third-order valence-electron chi connectivity index (χ3n) is 2.75. The highest BCUT2D eigenvalue weighted by atomic mass is 32.1. The van der Waals surface area contributed by atoms with Crippen LogP contribution in [-0.4, -0.2) is 26.3 Å². The first-order chi connectivity index (χ1) is 9.63. The summed E-state index contributed by atoms with van der Waals surface area (Å²) in [4.78, 5) is 22.2. The van der Waals surface area contributed by atoms with Crippen LogP contribution in [0.3, 0.4) is 0 Å². The molecule has 0 aromatic carbocycles. The van der Waals surface area contributed by atoms with Crippen molar-refractivity contribution >= 4 is 22.2 Å². The topological polar surface area (TPSA) is 59.3 Å². The first-order valence-electron chi connectivity index (χ1n) is 6.33. The summed E-state index contributed by atoms with van der Waals surface area (Å²) in [5.74, 6) is -0.140. The number of fused-ring (bicyclic) bond motifs is 1. The van der Waals surface area contributed by atoms with Crippen LogP contribution in [0.5, 0.6) is 0 Å². The van der Waals surface area contributed by atoms with Gasteiger partial charge in [0.2, 0.25) is 0 Å². The quantitative estimate of drug-likeness (QED) is 0.805. The maximum Gasteiger partial charge on any atom is 0.271 e. The SMILES string of the molecule is CC(C)NC(=O)c1cn2cc(-c3cccnc3)sc2n1. The Morgan fingerprint density at radius 1 is 1.40 bits per heavy atom. The van der Waals surface area contributed by atoms with Crippen LogP contribution < -0.4 is 5.32 Å². The molecular formula is C14H14N4OS. The van der Waals surface area contributed by atoms with Crippen molar-refractivity contribution in [3.63, 3.8) is 0 Å². The van der Waals surface area contributed by atoms with Gasteiger partial charge >= 0.3 is 0 Å². The lowest BCUT2D eigenvalue weighted by Crippen LogP contribution is -2.30. The van der Waals surface area contributed by atoms with E-state index in [1.54, 1.807) is 12.4 Å². The van der Waals surface area contributed by atoms with Crippen LogP contribution in [0.25, 0.3) is 15.4 Å². The van der Waals surface area contributed by atoms with Crippen LogP contribution in [-0.2, 0) is 0 Å². The summed E-state index contributed by atoms with van der Waals surface area (Å²) >= 11 is 1.54. The highest BCUT2D eigenvalue weighted by Gasteiger charge is 2.14. The Hall–Kier alpha value is -2.21. The van der Waals surface area contributed by atoms with E-state index in [2.05, 4.69) is 15.3 Å². The monoisotopic (exact) mass is 286 g/mol. The van der Waals surface area contributed by atoms with Crippen molar-refractivity contribution in [3.8, 4) is 10.4 Å². The molecule has 0 aliphatic rings.